The highest BCUT2D eigenvalue weighted by Crippen LogP contribution is 2.25. The van der Waals surface area contributed by atoms with Crippen molar-refractivity contribution in [3.05, 3.63) is 18.0 Å². The molecule has 19 heavy (non-hydrogen) atoms. The third-order valence-corrected chi connectivity index (χ3v) is 4.87. The molecule has 0 unspecified atom stereocenters. The largest absolute Gasteiger partial charge is 0.356 e. The molecule has 0 aliphatic heterocycles. The summed E-state index contributed by atoms with van der Waals surface area (Å²) >= 11 is 0. The lowest BCUT2D eigenvalue weighted by Gasteiger charge is -2.27. The third-order valence-electron chi connectivity index (χ3n) is 3.54. The van der Waals surface area contributed by atoms with Crippen molar-refractivity contribution in [2.24, 2.45) is 0 Å². The lowest BCUT2D eigenvalue weighted by Crippen LogP contribution is -2.38. The van der Waals surface area contributed by atoms with Gasteiger partial charge in [0.15, 0.2) is 0 Å². The Labute approximate surface area is 117 Å². The smallest absolute Gasteiger partial charge is 0.270 e. The summed E-state index contributed by atoms with van der Waals surface area (Å²) in [5.41, 5.74) is 0.271. The van der Waals surface area contributed by atoms with Crippen molar-refractivity contribution in [2.75, 3.05) is 6.54 Å². The first-order chi connectivity index (χ1) is 8.93. The number of aromatic amines is 1. The quantitative estimate of drug-likeness (QED) is 0.868. The molecule has 7 heteroatoms. The molecule has 1 N–H and O–H groups in total. The van der Waals surface area contributed by atoms with Gasteiger partial charge in [-0.05, 0) is 25.8 Å². The molecule has 106 valence electrons. The number of nitrogens with one attached hydrogen (secondary N) is 1. The number of aromatic nitrogens is 1. The zero-order valence-electron chi connectivity index (χ0n) is 10.7. The summed E-state index contributed by atoms with van der Waals surface area (Å²) < 4.78 is 22.4. The van der Waals surface area contributed by atoms with Crippen LogP contribution >= 0.6 is 10.7 Å². The van der Waals surface area contributed by atoms with Gasteiger partial charge < -0.3 is 9.88 Å². The molecule has 0 radical (unpaired) electrons. The standard InChI is InChI=1S/C12H17ClN2O3S/c1-2-15(9-5-3-4-6-9)12(16)11-7-10(8-14-11)19(13,17)18/h7-9,14H,2-6H2,1H3. The average molecular weight is 305 g/mol. The van der Waals surface area contributed by atoms with E-state index in [4.69, 9.17) is 10.7 Å². The molecule has 2 rings (SSSR count). The van der Waals surface area contributed by atoms with E-state index in [1.807, 2.05) is 6.92 Å². The van der Waals surface area contributed by atoms with Gasteiger partial charge in [0.25, 0.3) is 15.0 Å². The number of carbonyl (C=O) groups is 1. The molecular formula is C12H17ClN2O3S. The average Bonchev–Trinajstić information content (AvgIpc) is 3.00. The van der Waals surface area contributed by atoms with Gasteiger partial charge in [0.1, 0.15) is 10.6 Å². The van der Waals surface area contributed by atoms with E-state index in [0.29, 0.717) is 6.54 Å². The minimum absolute atomic E-state index is 0.0695. The SMILES string of the molecule is CCN(C(=O)c1cc(S(=O)(=O)Cl)c[nH]1)C1CCCC1. The fourth-order valence-corrected chi connectivity index (χ4v) is 3.30. The number of nitrogens with zero attached hydrogens (tertiary/aromatic N) is 1. The van der Waals surface area contributed by atoms with Crippen LogP contribution in [-0.2, 0) is 9.05 Å². The van der Waals surface area contributed by atoms with Crippen LogP contribution in [0.3, 0.4) is 0 Å². The van der Waals surface area contributed by atoms with Gasteiger partial charge >= 0.3 is 0 Å². The number of H-pyrrole nitrogens is 1. The third kappa shape index (κ3) is 3.12. The van der Waals surface area contributed by atoms with Gasteiger partial charge in [0, 0.05) is 29.5 Å². The predicted molar refractivity (Wildman–Crippen MR) is 72.8 cm³/mol. The summed E-state index contributed by atoms with van der Waals surface area (Å²) in [5.74, 6) is -0.166. The highest BCUT2D eigenvalue weighted by Gasteiger charge is 2.27. The lowest BCUT2D eigenvalue weighted by atomic mass is 10.2. The second-order valence-electron chi connectivity index (χ2n) is 4.72. The van der Waals surface area contributed by atoms with E-state index >= 15 is 0 Å². The second kappa shape index (κ2) is 5.54. The molecule has 1 saturated carbocycles. The Bertz CT molecular complexity index is 561. The molecule has 1 fully saturated rings. The molecule has 1 aromatic rings. The van der Waals surface area contributed by atoms with Crippen LogP contribution in [0.4, 0.5) is 0 Å². The zero-order valence-corrected chi connectivity index (χ0v) is 12.3. The maximum atomic E-state index is 12.4. The van der Waals surface area contributed by atoms with Crippen LogP contribution in [-0.4, -0.2) is 36.8 Å². The number of rotatable bonds is 4. The summed E-state index contributed by atoms with van der Waals surface area (Å²) in [6.45, 7) is 2.55. The van der Waals surface area contributed by atoms with Crippen LogP contribution in [0.15, 0.2) is 17.2 Å². The molecule has 1 aliphatic rings. The predicted octanol–water partition coefficient (Wildman–Crippen LogP) is 2.35. The highest BCUT2D eigenvalue weighted by atomic mass is 35.7. The van der Waals surface area contributed by atoms with Gasteiger partial charge in [0.05, 0.1) is 0 Å². The first-order valence-corrected chi connectivity index (χ1v) is 8.68. The van der Waals surface area contributed by atoms with E-state index in [9.17, 15) is 13.2 Å². The minimum atomic E-state index is -3.80. The van der Waals surface area contributed by atoms with Crippen LogP contribution in [0, 0.1) is 0 Å². The maximum absolute atomic E-state index is 12.4. The fourth-order valence-electron chi connectivity index (χ4n) is 2.58. The van der Waals surface area contributed by atoms with Crippen molar-refractivity contribution in [3.63, 3.8) is 0 Å². The van der Waals surface area contributed by atoms with E-state index in [-0.39, 0.29) is 22.5 Å². The molecule has 1 aliphatic carbocycles. The number of amides is 1. The Hall–Kier alpha value is -1.01. The Balaban J connectivity index is 2.20. The minimum Gasteiger partial charge on any atom is -0.356 e. The second-order valence-corrected chi connectivity index (χ2v) is 7.28. The number of hydrogen-bond acceptors (Lipinski definition) is 3. The van der Waals surface area contributed by atoms with Crippen molar-refractivity contribution in [1.29, 1.82) is 0 Å². The van der Waals surface area contributed by atoms with Gasteiger partial charge in [-0.15, -0.1) is 0 Å². The topological polar surface area (TPSA) is 70.2 Å². The summed E-state index contributed by atoms with van der Waals surface area (Å²) in [6, 6.07) is 1.55. The van der Waals surface area contributed by atoms with Gasteiger partial charge in [-0.3, -0.25) is 4.79 Å². The van der Waals surface area contributed by atoms with Crippen molar-refractivity contribution in [1.82, 2.24) is 9.88 Å². The van der Waals surface area contributed by atoms with E-state index in [2.05, 4.69) is 4.98 Å². The van der Waals surface area contributed by atoms with Crippen molar-refractivity contribution < 1.29 is 13.2 Å². The van der Waals surface area contributed by atoms with Gasteiger partial charge in [-0.2, -0.15) is 0 Å². The fraction of sp³-hybridized carbons (Fsp3) is 0.583. The van der Waals surface area contributed by atoms with E-state index in [1.54, 1.807) is 4.90 Å². The van der Waals surface area contributed by atoms with Crippen molar-refractivity contribution in [2.45, 2.75) is 43.5 Å². The van der Waals surface area contributed by atoms with Crippen LogP contribution in [0.2, 0.25) is 0 Å². The molecule has 1 aromatic heterocycles. The number of carbonyl (C=O) groups excluding carboxylic acids is 1. The van der Waals surface area contributed by atoms with Gasteiger partial charge in [-0.1, -0.05) is 12.8 Å². The van der Waals surface area contributed by atoms with Crippen LogP contribution in [0.25, 0.3) is 0 Å². The molecule has 0 aromatic carbocycles. The Kier molecular flexibility index (Phi) is 4.20. The Morgan fingerprint density at radius 3 is 2.58 bits per heavy atom. The zero-order chi connectivity index (χ0) is 14.0. The number of halogens is 1. The number of hydrogen-bond donors (Lipinski definition) is 1. The normalized spacial score (nSPS) is 16.7. The van der Waals surface area contributed by atoms with Crippen LogP contribution in [0.1, 0.15) is 43.1 Å². The van der Waals surface area contributed by atoms with Gasteiger partial charge in [-0.25, -0.2) is 8.42 Å². The monoisotopic (exact) mass is 304 g/mol. The van der Waals surface area contributed by atoms with Crippen LogP contribution < -0.4 is 0 Å². The molecule has 1 amide bonds. The molecule has 1 heterocycles. The molecule has 5 nitrogen and oxygen atoms in total. The molecular weight excluding hydrogens is 288 g/mol. The molecule has 0 saturated heterocycles. The highest BCUT2D eigenvalue weighted by molar-refractivity contribution is 8.13. The van der Waals surface area contributed by atoms with Gasteiger partial charge in [0.2, 0.25) is 0 Å². The molecule has 0 bridgehead atoms. The van der Waals surface area contributed by atoms with Crippen molar-refractivity contribution >= 4 is 25.6 Å². The van der Waals surface area contributed by atoms with E-state index < -0.39 is 9.05 Å². The Morgan fingerprint density at radius 2 is 2.11 bits per heavy atom. The van der Waals surface area contributed by atoms with E-state index in [1.165, 1.54) is 12.3 Å². The van der Waals surface area contributed by atoms with Crippen molar-refractivity contribution in [3.8, 4) is 0 Å². The summed E-state index contributed by atoms with van der Waals surface area (Å²) in [6.07, 6.45) is 5.56. The van der Waals surface area contributed by atoms with Crippen LogP contribution in [0.5, 0.6) is 0 Å². The maximum Gasteiger partial charge on any atom is 0.270 e. The summed E-state index contributed by atoms with van der Waals surface area (Å²) in [7, 11) is 1.45. The first kappa shape index (κ1) is 14.4. The molecule has 0 spiro atoms. The van der Waals surface area contributed by atoms with E-state index in [0.717, 1.165) is 25.7 Å². The Morgan fingerprint density at radius 1 is 1.47 bits per heavy atom. The first-order valence-electron chi connectivity index (χ1n) is 6.37. The molecule has 0 atom stereocenters. The lowest BCUT2D eigenvalue weighted by molar-refractivity contribution is 0.0688. The summed E-state index contributed by atoms with van der Waals surface area (Å²) in [5, 5.41) is 0. The summed E-state index contributed by atoms with van der Waals surface area (Å²) in [4.78, 5) is 16.8.